The maximum Gasteiger partial charge on any atom is 0.252 e. The van der Waals surface area contributed by atoms with Crippen molar-refractivity contribution in [3.63, 3.8) is 0 Å². The van der Waals surface area contributed by atoms with E-state index in [1.165, 1.54) is 0 Å². The molecule has 0 aliphatic carbocycles. The predicted octanol–water partition coefficient (Wildman–Crippen LogP) is 1.08. The molecule has 0 spiro atoms. The molecule has 92 valence electrons. The van der Waals surface area contributed by atoms with Crippen LogP contribution >= 0.6 is 12.2 Å². The molecule has 1 amide bonds. The van der Waals surface area contributed by atoms with Crippen molar-refractivity contribution in [3.05, 3.63) is 0 Å². The highest BCUT2D eigenvalue weighted by Crippen LogP contribution is 2.20. The van der Waals surface area contributed by atoms with Crippen LogP contribution in [-0.4, -0.2) is 41.1 Å². The highest BCUT2D eigenvalue weighted by Gasteiger charge is 2.31. The second kappa shape index (κ2) is 6.15. The summed E-state index contributed by atoms with van der Waals surface area (Å²) in [6, 6.07) is 0. The SMILES string of the molecule is CCCN(CC(N)=S)C(=O)C1CCC(C)O1. The molecule has 1 heterocycles. The molecular weight excluding hydrogens is 224 g/mol. The molecule has 0 radical (unpaired) electrons. The van der Waals surface area contributed by atoms with Crippen LogP contribution in [0.1, 0.15) is 33.1 Å². The van der Waals surface area contributed by atoms with Crippen LogP contribution < -0.4 is 5.73 Å². The van der Waals surface area contributed by atoms with Crippen LogP contribution in [0.4, 0.5) is 0 Å². The molecule has 0 saturated carbocycles. The lowest BCUT2D eigenvalue weighted by Gasteiger charge is -2.24. The Bertz CT molecular complexity index is 271. The van der Waals surface area contributed by atoms with Crippen LogP contribution in [0.2, 0.25) is 0 Å². The summed E-state index contributed by atoms with van der Waals surface area (Å²) in [7, 11) is 0. The van der Waals surface area contributed by atoms with Gasteiger partial charge in [-0.1, -0.05) is 19.1 Å². The Morgan fingerprint density at radius 3 is 2.69 bits per heavy atom. The topological polar surface area (TPSA) is 55.6 Å². The number of ether oxygens (including phenoxy) is 1. The van der Waals surface area contributed by atoms with Gasteiger partial charge in [-0.25, -0.2) is 0 Å². The van der Waals surface area contributed by atoms with Crippen molar-refractivity contribution in [1.29, 1.82) is 0 Å². The lowest BCUT2D eigenvalue weighted by atomic mass is 10.2. The second-order valence-corrected chi connectivity index (χ2v) is 4.76. The van der Waals surface area contributed by atoms with Gasteiger partial charge in [0.2, 0.25) is 0 Å². The molecule has 1 aliphatic rings. The summed E-state index contributed by atoms with van der Waals surface area (Å²) >= 11 is 4.85. The highest BCUT2D eigenvalue weighted by atomic mass is 32.1. The van der Waals surface area contributed by atoms with Crippen LogP contribution in [-0.2, 0) is 9.53 Å². The molecule has 0 aromatic rings. The summed E-state index contributed by atoms with van der Waals surface area (Å²) < 4.78 is 5.56. The van der Waals surface area contributed by atoms with Crippen molar-refractivity contribution < 1.29 is 9.53 Å². The maximum absolute atomic E-state index is 12.1. The molecular formula is C11H20N2O2S. The Hall–Kier alpha value is -0.680. The molecule has 5 heteroatoms. The first-order valence-electron chi connectivity index (χ1n) is 5.77. The van der Waals surface area contributed by atoms with Gasteiger partial charge in [-0.2, -0.15) is 0 Å². The number of rotatable bonds is 5. The van der Waals surface area contributed by atoms with Crippen LogP contribution in [0.5, 0.6) is 0 Å². The maximum atomic E-state index is 12.1. The van der Waals surface area contributed by atoms with Crippen molar-refractivity contribution >= 4 is 23.1 Å². The lowest BCUT2D eigenvalue weighted by molar-refractivity contribution is -0.141. The molecule has 0 aromatic heterocycles. The number of carbonyl (C=O) groups excluding carboxylic acids is 1. The Morgan fingerprint density at radius 2 is 2.25 bits per heavy atom. The van der Waals surface area contributed by atoms with Crippen molar-refractivity contribution in [2.75, 3.05) is 13.1 Å². The van der Waals surface area contributed by atoms with Gasteiger partial charge < -0.3 is 15.4 Å². The van der Waals surface area contributed by atoms with E-state index in [0.717, 1.165) is 19.3 Å². The predicted molar refractivity (Wildman–Crippen MR) is 67.2 cm³/mol. The average Bonchev–Trinajstić information content (AvgIpc) is 2.62. The third-order valence-electron chi connectivity index (χ3n) is 2.66. The van der Waals surface area contributed by atoms with Gasteiger partial charge in [0.1, 0.15) is 6.10 Å². The number of thiocarbonyl (C=S) groups is 1. The standard InChI is InChI=1S/C11H20N2O2S/c1-3-6-13(7-10(12)16)11(14)9-5-4-8(2)15-9/h8-9H,3-7H2,1-2H3,(H2,12,16). The minimum absolute atomic E-state index is 0.0269. The van der Waals surface area contributed by atoms with Crippen LogP contribution in [0.15, 0.2) is 0 Å². The van der Waals surface area contributed by atoms with E-state index in [2.05, 4.69) is 0 Å². The van der Waals surface area contributed by atoms with Gasteiger partial charge >= 0.3 is 0 Å². The summed E-state index contributed by atoms with van der Waals surface area (Å²) in [6.07, 6.45) is 2.54. The van der Waals surface area contributed by atoms with Crippen molar-refractivity contribution in [2.45, 2.75) is 45.3 Å². The lowest BCUT2D eigenvalue weighted by Crippen LogP contribution is -2.43. The first-order valence-corrected chi connectivity index (χ1v) is 6.18. The summed E-state index contributed by atoms with van der Waals surface area (Å²) in [6.45, 7) is 5.06. The summed E-state index contributed by atoms with van der Waals surface area (Å²) in [5, 5.41) is 0. The zero-order valence-electron chi connectivity index (χ0n) is 9.94. The molecule has 4 nitrogen and oxygen atoms in total. The number of amides is 1. The van der Waals surface area contributed by atoms with Gasteiger partial charge in [0, 0.05) is 6.54 Å². The number of hydrogen-bond acceptors (Lipinski definition) is 3. The third-order valence-corrected chi connectivity index (χ3v) is 2.79. The average molecular weight is 244 g/mol. The number of carbonyl (C=O) groups is 1. The molecule has 16 heavy (non-hydrogen) atoms. The van der Waals surface area contributed by atoms with Gasteiger partial charge in [0.25, 0.3) is 5.91 Å². The molecule has 0 aromatic carbocycles. The van der Waals surface area contributed by atoms with Crippen molar-refractivity contribution in [1.82, 2.24) is 4.90 Å². The Morgan fingerprint density at radius 1 is 1.56 bits per heavy atom. The van der Waals surface area contributed by atoms with Gasteiger partial charge in [0.15, 0.2) is 0 Å². The minimum atomic E-state index is -0.295. The molecule has 1 saturated heterocycles. The fraction of sp³-hybridized carbons (Fsp3) is 0.818. The normalized spacial score (nSPS) is 24.4. The van der Waals surface area contributed by atoms with Crippen LogP contribution in [0, 0.1) is 0 Å². The largest absolute Gasteiger partial charge is 0.392 e. The van der Waals surface area contributed by atoms with E-state index in [-0.39, 0.29) is 18.1 Å². The Kier molecular flexibility index (Phi) is 5.15. The third kappa shape index (κ3) is 3.72. The van der Waals surface area contributed by atoms with Crippen LogP contribution in [0.25, 0.3) is 0 Å². The van der Waals surface area contributed by atoms with Gasteiger partial charge in [0.05, 0.1) is 17.6 Å². The summed E-state index contributed by atoms with van der Waals surface area (Å²) in [5.74, 6) is 0.0269. The van der Waals surface area contributed by atoms with Crippen molar-refractivity contribution in [3.8, 4) is 0 Å². The summed E-state index contributed by atoms with van der Waals surface area (Å²) in [4.78, 5) is 14.2. The molecule has 1 rings (SSSR count). The second-order valence-electron chi connectivity index (χ2n) is 4.24. The molecule has 1 aliphatic heterocycles. The minimum Gasteiger partial charge on any atom is -0.392 e. The van der Waals surface area contributed by atoms with E-state index < -0.39 is 0 Å². The quantitative estimate of drug-likeness (QED) is 0.735. The smallest absolute Gasteiger partial charge is 0.252 e. The van der Waals surface area contributed by atoms with E-state index in [1.807, 2.05) is 13.8 Å². The number of hydrogen-bond donors (Lipinski definition) is 1. The summed E-state index contributed by atoms with van der Waals surface area (Å²) in [5.41, 5.74) is 5.48. The fourth-order valence-electron chi connectivity index (χ4n) is 1.91. The van der Waals surface area contributed by atoms with Crippen LogP contribution in [0.3, 0.4) is 0 Å². The van der Waals surface area contributed by atoms with E-state index in [0.29, 0.717) is 18.1 Å². The molecule has 0 bridgehead atoms. The molecule has 2 unspecified atom stereocenters. The monoisotopic (exact) mass is 244 g/mol. The number of nitrogens with zero attached hydrogens (tertiary/aromatic N) is 1. The van der Waals surface area contributed by atoms with Gasteiger partial charge in [-0.05, 0) is 26.2 Å². The first-order chi connectivity index (χ1) is 7.54. The fourth-order valence-corrected chi connectivity index (χ4v) is 2.07. The van der Waals surface area contributed by atoms with E-state index >= 15 is 0 Å². The molecule has 2 atom stereocenters. The first kappa shape index (κ1) is 13.4. The highest BCUT2D eigenvalue weighted by molar-refractivity contribution is 7.80. The molecule has 1 fully saturated rings. The molecule has 2 N–H and O–H groups in total. The van der Waals surface area contributed by atoms with Gasteiger partial charge in [-0.15, -0.1) is 0 Å². The van der Waals surface area contributed by atoms with Gasteiger partial charge in [-0.3, -0.25) is 4.79 Å². The zero-order chi connectivity index (χ0) is 12.1. The van der Waals surface area contributed by atoms with E-state index in [4.69, 9.17) is 22.7 Å². The Labute approximate surface area is 102 Å². The van der Waals surface area contributed by atoms with E-state index in [9.17, 15) is 4.79 Å². The number of nitrogens with two attached hydrogens (primary N) is 1. The Balaban J connectivity index is 2.56. The van der Waals surface area contributed by atoms with E-state index in [1.54, 1.807) is 4.90 Å². The zero-order valence-corrected chi connectivity index (χ0v) is 10.8. The van der Waals surface area contributed by atoms with Crippen molar-refractivity contribution in [2.24, 2.45) is 5.73 Å².